The summed E-state index contributed by atoms with van der Waals surface area (Å²) in [4.78, 5) is 23.1. The first-order chi connectivity index (χ1) is 44.4. The van der Waals surface area contributed by atoms with Crippen LogP contribution in [0, 0.1) is 85.8 Å². The molecule has 1 aliphatic rings. The van der Waals surface area contributed by atoms with Crippen LogP contribution in [0.15, 0.2) is 257 Å². The van der Waals surface area contributed by atoms with Gasteiger partial charge in [0.25, 0.3) is 0 Å². The fourth-order valence-corrected chi connectivity index (χ4v) is 10.8. The maximum Gasteiger partial charge on any atom is 3.00 e. The van der Waals surface area contributed by atoms with Crippen LogP contribution in [0.4, 0.5) is 0 Å². The Morgan fingerprint density at radius 2 is 0.516 bits per heavy atom. The number of rotatable bonds is 16. The van der Waals surface area contributed by atoms with Gasteiger partial charge in [-0.25, -0.2) is 61.2 Å². The van der Waals surface area contributed by atoms with Crippen molar-refractivity contribution >= 4 is 51.2 Å². The Balaban J connectivity index is 0.000000160. The quantitative estimate of drug-likeness (QED) is 0.0761. The van der Waals surface area contributed by atoms with E-state index < -0.39 is 28.5 Å². The van der Waals surface area contributed by atoms with Crippen molar-refractivity contribution in [3.05, 3.63) is 268 Å². The minimum atomic E-state index is -1.12. The fourth-order valence-electron chi connectivity index (χ4n) is 10.8. The number of aromatic nitrogens is 24. The summed E-state index contributed by atoms with van der Waals surface area (Å²) in [6.45, 7) is 7.60. The molecule has 0 bridgehead atoms. The summed E-state index contributed by atoms with van der Waals surface area (Å²) in [5.74, 6) is -0.346. The van der Waals surface area contributed by atoms with Crippen LogP contribution in [0.5, 0.6) is 0 Å². The second kappa shape index (κ2) is 36.9. The van der Waals surface area contributed by atoms with Crippen molar-refractivity contribution in [2.75, 3.05) is 0 Å². The maximum atomic E-state index is 11.5. The predicted octanol–water partition coefficient (Wildman–Crippen LogP) is 3.39. The second-order valence-electron chi connectivity index (χ2n) is 21.5. The van der Waals surface area contributed by atoms with E-state index in [0.717, 1.165) is 5.92 Å². The van der Waals surface area contributed by atoms with Gasteiger partial charge in [-0.15, -0.1) is 11.5 Å². The number of allylic oxidation sites excluding steroid dienone is 4. The summed E-state index contributed by atoms with van der Waals surface area (Å²) in [5, 5.41) is 74.2. The molecule has 1 saturated carbocycles. The molecule has 28 nitrogen and oxygen atoms in total. The number of benzene rings is 1. The molecule has 1 fully saturated rings. The number of Topliss-reactive ketones (excluding diaryl/α,β-unsaturated/α-hetero) is 2. The number of carbonyl (C=O) groups excluding carboxylic acids is 2. The minimum Gasteiger partial charge on any atom is -0.875 e. The van der Waals surface area contributed by atoms with Crippen molar-refractivity contribution < 1.29 is 99.7 Å². The zero-order valence-corrected chi connectivity index (χ0v) is 56.6. The summed E-state index contributed by atoms with van der Waals surface area (Å²) in [5.41, 5.74) is 0.974. The number of hydrogen-bond donors (Lipinski definition) is 0. The van der Waals surface area contributed by atoms with Crippen molar-refractivity contribution in [3.8, 4) is 0 Å². The summed E-state index contributed by atoms with van der Waals surface area (Å²) in [7, 11) is -4.50. The molecule has 0 amide bonds. The zero-order chi connectivity index (χ0) is 63.7. The van der Waals surface area contributed by atoms with Crippen LogP contribution in [0.25, 0.3) is 11.1 Å². The summed E-state index contributed by atoms with van der Waals surface area (Å²) in [6.07, 6.45) is 51.6. The number of hydrogen-bond acceptors (Lipinski definition) is 16. The van der Waals surface area contributed by atoms with Gasteiger partial charge < -0.3 is 65.3 Å². The molecular weight excluding hydrogens is 1470 g/mol. The van der Waals surface area contributed by atoms with Crippen molar-refractivity contribution in [1.82, 2.24) is 116 Å². The predicted molar refractivity (Wildman–Crippen MR) is 345 cm³/mol. The van der Waals surface area contributed by atoms with Gasteiger partial charge in [0.15, 0.2) is 11.6 Å². The molecule has 0 unspecified atom stereocenters. The van der Waals surface area contributed by atoms with Crippen LogP contribution in [-0.2, 0) is 9.59 Å². The normalized spacial score (nSPS) is 12.4. The number of nitrogens with zero attached hydrogens (tertiary/aromatic N) is 24. The van der Waals surface area contributed by atoms with E-state index in [2.05, 4.69) is 68.1 Å². The molecule has 2 radical (unpaired) electrons. The molecule has 34 heteroatoms. The molecule has 0 saturated heterocycles. The van der Waals surface area contributed by atoms with E-state index in [-0.39, 0.29) is 114 Å². The van der Waals surface area contributed by atoms with E-state index in [4.69, 9.17) is 0 Å². The molecule has 14 rings (SSSR count). The second-order valence-corrected chi connectivity index (χ2v) is 21.5. The van der Waals surface area contributed by atoms with E-state index in [9.17, 15) is 19.8 Å². The summed E-state index contributed by atoms with van der Waals surface area (Å²) in [6, 6.07) is 29.1. The number of ketones is 2. The molecule has 1 aliphatic carbocycles. The van der Waals surface area contributed by atoms with Crippen LogP contribution in [0.3, 0.4) is 0 Å². The van der Waals surface area contributed by atoms with Crippen LogP contribution < -0.4 is 10.2 Å². The Morgan fingerprint density at radius 1 is 0.333 bits per heavy atom. The molecule has 12 heterocycles. The largest absolute Gasteiger partial charge is 3.00 e. The summed E-state index contributed by atoms with van der Waals surface area (Å²) < 4.78 is 22.5. The van der Waals surface area contributed by atoms with Gasteiger partial charge in [0.2, 0.25) is 0 Å². The first-order valence-electron chi connectivity index (χ1n) is 29.9. The molecule has 93 heavy (non-hydrogen) atoms. The molecule has 0 N–H and O–H groups in total. The number of carbonyl (C=O) groups is 2. The minimum absolute atomic E-state index is 0. The molecule has 0 aliphatic heterocycles. The van der Waals surface area contributed by atoms with Crippen molar-refractivity contribution in [2.45, 2.75) is 66.7 Å². The Hall–Kier alpha value is -8.93. The molecule has 0 atom stereocenters. The molecule has 12 aromatic heterocycles. The van der Waals surface area contributed by atoms with E-state index in [1.165, 1.54) is 65.9 Å². The molecule has 478 valence electrons. The van der Waals surface area contributed by atoms with E-state index >= 15 is 0 Å². The molecule has 1 aromatic carbocycles. The Morgan fingerprint density at radius 3 is 0.634 bits per heavy atom. The van der Waals surface area contributed by atoms with E-state index in [0.29, 0.717) is 11.1 Å². The van der Waals surface area contributed by atoms with Gasteiger partial charge in [-0.3, -0.25) is 9.59 Å². The van der Waals surface area contributed by atoms with Crippen LogP contribution in [0.2, 0.25) is 0 Å². The Bertz CT molecular complexity index is 3330. The van der Waals surface area contributed by atoms with Gasteiger partial charge in [0, 0.05) is 85.5 Å². The first-order valence-corrected chi connectivity index (χ1v) is 29.9. The third kappa shape index (κ3) is 20.0. The maximum absolute atomic E-state index is 11.5. The third-order valence-corrected chi connectivity index (χ3v) is 14.9. The van der Waals surface area contributed by atoms with Gasteiger partial charge in [-0.2, -0.15) is 0 Å². The van der Waals surface area contributed by atoms with Crippen LogP contribution >= 0.6 is 0 Å². The molecule has 13 aromatic rings. The zero-order valence-electron chi connectivity index (χ0n) is 52.1. The van der Waals surface area contributed by atoms with Gasteiger partial charge >= 0.3 is 108 Å². The Kier molecular flexibility index (Phi) is 28.4. The fraction of sp³-hybridized carbons (Fsp3) is 0.186. The monoisotopic (exact) mass is 1540 g/mol. The topological polar surface area (TPSA) is 294 Å². The first kappa shape index (κ1) is 71.5. The van der Waals surface area contributed by atoms with Gasteiger partial charge in [0.05, 0.1) is 0 Å². The summed E-state index contributed by atoms with van der Waals surface area (Å²) >= 11 is 0. The van der Waals surface area contributed by atoms with Crippen LogP contribution in [-0.4, -0.2) is 156 Å². The molecule has 0 spiro atoms. The van der Waals surface area contributed by atoms with Crippen molar-refractivity contribution in [1.29, 1.82) is 0 Å². The SMILES string of the molecule is CC(=O)/C(=C(/C)[O-])c1cccc(/C(C(C)=O)=C(\C)[O-])c1.CC1CCCCC1.[Gd+3].[Gd+3].c1cnn([BH-](n2cccn2)n2cccn2)c1.c1cnn([BH-](n2cccn2)n2cccn2)c1.c1cnn([BH-](n2cccn2)n2cccn2)c1.c1cnn([BH-](n2cccn2)n2cccn2)c1. The third-order valence-electron chi connectivity index (χ3n) is 14.9. The smallest absolute Gasteiger partial charge is 0.875 e. The van der Waals surface area contributed by atoms with Crippen LogP contribution in [0.1, 0.15) is 77.8 Å². The van der Waals surface area contributed by atoms with Crippen molar-refractivity contribution in [2.24, 2.45) is 5.92 Å². The standard InChI is InChI=1S/C16H18O4.4C9H10BN6.C7H14.2Gd/c1-9(17)15(10(2)18)13-6-5-7-14(8-13)16(11(3)19)12(4)20;4*1-4-11-14(7-1)10(15-8-2-5-12-15)16-9-3-6-13-16;1-7-5-3-2-4-6-7;;/h5-8,17,19H,1-4H3;4*1-10H;7H,2-6H2,1H3;;/q;4*-1;;2*+3/p-2/b15-9+,16-11+;;;;;;;. The van der Waals surface area contributed by atoms with E-state index in [1.54, 1.807) is 92.6 Å². The van der Waals surface area contributed by atoms with Gasteiger partial charge in [-0.05, 0) is 184 Å². The van der Waals surface area contributed by atoms with Gasteiger partial charge in [-0.1, -0.05) is 71.1 Å². The van der Waals surface area contributed by atoms with E-state index in [1.807, 2.05) is 202 Å². The van der Waals surface area contributed by atoms with Gasteiger partial charge in [0.1, 0.15) is 0 Å². The Labute approximate surface area is 602 Å². The average Bonchev–Trinajstić information content (AvgIpc) is 1.89. The average molecular weight is 1540 g/mol. The van der Waals surface area contributed by atoms with Crippen molar-refractivity contribution in [3.63, 3.8) is 0 Å². The molecular formula is C59H70B4Gd2N24O4.